The lowest BCUT2D eigenvalue weighted by molar-refractivity contribution is -0.129. The van der Waals surface area contributed by atoms with Crippen LogP contribution in [0.1, 0.15) is 43.7 Å². The highest BCUT2D eigenvalue weighted by Crippen LogP contribution is 2.17. The van der Waals surface area contributed by atoms with Crippen LogP contribution in [0.5, 0.6) is 0 Å². The number of carbonyl (C=O) groups excluding carboxylic acids is 1. The summed E-state index contributed by atoms with van der Waals surface area (Å²) in [5, 5.41) is 13.3. The maximum Gasteiger partial charge on any atom is 0.253 e. The van der Waals surface area contributed by atoms with Crippen molar-refractivity contribution in [1.82, 2.24) is 14.9 Å². The van der Waals surface area contributed by atoms with E-state index in [1.54, 1.807) is 30.5 Å². The molecule has 0 aliphatic heterocycles. The molecule has 2 N–H and O–H groups in total. The third-order valence-electron chi connectivity index (χ3n) is 3.55. The summed E-state index contributed by atoms with van der Waals surface area (Å²) in [5.74, 6) is 0.988. The first-order valence-corrected chi connectivity index (χ1v) is 8.09. The number of hydrogen-bond acceptors (Lipinski definition) is 3. The van der Waals surface area contributed by atoms with Crippen molar-refractivity contribution in [2.45, 2.75) is 38.8 Å². The molecule has 6 heteroatoms. The molecule has 1 aromatic heterocycles. The summed E-state index contributed by atoms with van der Waals surface area (Å²) in [7, 11) is 0. The first-order chi connectivity index (χ1) is 11.0. The van der Waals surface area contributed by atoms with Crippen LogP contribution in [0.15, 0.2) is 36.7 Å². The van der Waals surface area contributed by atoms with E-state index in [1.807, 2.05) is 6.20 Å². The van der Waals surface area contributed by atoms with Gasteiger partial charge in [-0.05, 0) is 24.1 Å². The van der Waals surface area contributed by atoms with Crippen molar-refractivity contribution in [1.29, 1.82) is 0 Å². The first-order valence-electron chi connectivity index (χ1n) is 7.71. The molecule has 2 aromatic rings. The number of hydrogen-bond donors (Lipinski definition) is 2. The lowest BCUT2D eigenvalue weighted by Crippen LogP contribution is -2.30. The lowest BCUT2D eigenvalue weighted by Gasteiger charge is -2.13. The van der Waals surface area contributed by atoms with Crippen LogP contribution in [-0.2, 0) is 11.3 Å². The number of halogens is 1. The Balaban J connectivity index is 1.79. The van der Waals surface area contributed by atoms with Gasteiger partial charge < -0.3 is 15.0 Å². The van der Waals surface area contributed by atoms with Crippen molar-refractivity contribution in [2.24, 2.45) is 0 Å². The summed E-state index contributed by atoms with van der Waals surface area (Å²) < 4.78 is 2.09. The number of amides is 1. The van der Waals surface area contributed by atoms with Gasteiger partial charge in [-0.2, -0.15) is 0 Å². The molecule has 23 heavy (non-hydrogen) atoms. The van der Waals surface area contributed by atoms with Crippen LogP contribution in [-0.4, -0.2) is 27.1 Å². The number of aliphatic hydroxyl groups excluding tert-OH is 1. The van der Waals surface area contributed by atoms with Crippen molar-refractivity contribution in [3.05, 3.63) is 53.1 Å². The molecule has 1 atom stereocenters. The van der Waals surface area contributed by atoms with Crippen LogP contribution in [0.4, 0.5) is 0 Å². The van der Waals surface area contributed by atoms with E-state index in [9.17, 15) is 9.90 Å². The summed E-state index contributed by atoms with van der Waals surface area (Å²) in [6, 6.07) is 6.68. The average molecular weight is 336 g/mol. The molecule has 124 valence electrons. The summed E-state index contributed by atoms with van der Waals surface area (Å²) in [6.45, 7) is 5.47. The Morgan fingerprint density at radius 3 is 2.91 bits per heavy atom. The van der Waals surface area contributed by atoms with Gasteiger partial charge in [0.05, 0.1) is 0 Å². The zero-order valence-electron chi connectivity index (χ0n) is 13.4. The number of carbonyl (C=O) groups is 1. The summed E-state index contributed by atoms with van der Waals surface area (Å²) in [5.41, 5.74) is 0.492. The Morgan fingerprint density at radius 1 is 1.43 bits per heavy atom. The first kappa shape index (κ1) is 17.5. The van der Waals surface area contributed by atoms with Crippen molar-refractivity contribution in [3.63, 3.8) is 0 Å². The monoisotopic (exact) mass is 335 g/mol. The van der Waals surface area contributed by atoms with E-state index in [2.05, 4.69) is 28.7 Å². The molecule has 0 fully saturated rings. The highest BCUT2D eigenvalue weighted by Gasteiger charge is 2.17. The fourth-order valence-electron chi connectivity index (χ4n) is 2.40. The highest BCUT2D eigenvalue weighted by molar-refractivity contribution is 6.30. The van der Waals surface area contributed by atoms with Gasteiger partial charge in [-0.1, -0.05) is 37.6 Å². The van der Waals surface area contributed by atoms with Crippen molar-refractivity contribution in [2.75, 3.05) is 6.54 Å². The molecule has 0 unspecified atom stereocenters. The van der Waals surface area contributed by atoms with Crippen LogP contribution >= 0.6 is 11.6 Å². The van der Waals surface area contributed by atoms with Crippen LogP contribution in [0, 0.1) is 0 Å². The van der Waals surface area contributed by atoms with E-state index in [-0.39, 0.29) is 0 Å². The van der Waals surface area contributed by atoms with E-state index < -0.39 is 12.0 Å². The Labute approximate surface area is 141 Å². The van der Waals surface area contributed by atoms with Gasteiger partial charge in [-0.15, -0.1) is 0 Å². The van der Waals surface area contributed by atoms with E-state index in [0.717, 1.165) is 18.8 Å². The Morgan fingerprint density at radius 2 is 2.22 bits per heavy atom. The molecule has 1 aromatic carbocycles. The van der Waals surface area contributed by atoms with Gasteiger partial charge >= 0.3 is 0 Å². The van der Waals surface area contributed by atoms with Crippen LogP contribution in [0.25, 0.3) is 0 Å². The molecule has 0 radical (unpaired) electrons. The van der Waals surface area contributed by atoms with Gasteiger partial charge in [0.2, 0.25) is 0 Å². The minimum absolute atomic E-state index is 0.365. The largest absolute Gasteiger partial charge is 0.378 e. The maximum atomic E-state index is 12.0. The van der Waals surface area contributed by atoms with E-state index >= 15 is 0 Å². The minimum Gasteiger partial charge on any atom is -0.378 e. The molecule has 0 saturated heterocycles. The summed E-state index contributed by atoms with van der Waals surface area (Å²) in [4.78, 5) is 16.3. The minimum atomic E-state index is -1.20. The third-order valence-corrected chi connectivity index (χ3v) is 3.79. The number of aromatic nitrogens is 2. The number of imidazole rings is 1. The zero-order chi connectivity index (χ0) is 16.8. The van der Waals surface area contributed by atoms with Gasteiger partial charge in [0, 0.05) is 36.4 Å². The maximum absolute atomic E-state index is 12.0. The smallest absolute Gasteiger partial charge is 0.253 e. The van der Waals surface area contributed by atoms with E-state index in [0.29, 0.717) is 23.0 Å². The lowest BCUT2D eigenvalue weighted by atomic mass is 10.1. The molecule has 5 nitrogen and oxygen atoms in total. The summed E-state index contributed by atoms with van der Waals surface area (Å²) >= 11 is 5.87. The number of aryl methyl sites for hydroxylation is 1. The van der Waals surface area contributed by atoms with Crippen LogP contribution in [0.3, 0.4) is 0 Å². The predicted molar refractivity (Wildman–Crippen MR) is 90.4 cm³/mol. The number of aliphatic hydroxyl groups is 1. The second-order valence-electron chi connectivity index (χ2n) is 5.74. The van der Waals surface area contributed by atoms with Gasteiger partial charge in [0.1, 0.15) is 5.82 Å². The molecule has 0 aliphatic carbocycles. The number of benzene rings is 1. The Kier molecular flexibility index (Phi) is 6.19. The Hall–Kier alpha value is -1.85. The van der Waals surface area contributed by atoms with Crippen molar-refractivity contribution >= 4 is 17.5 Å². The molecule has 0 spiro atoms. The van der Waals surface area contributed by atoms with Gasteiger partial charge in [-0.3, -0.25) is 4.79 Å². The van der Waals surface area contributed by atoms with Crippen LogP contribution in [0.2, 0.25) is 5.02 Å². The molecule has 0 aliphatic rings. The zero-order valence-corrected chi connectivity index (χ0v) is 14.1. The van der Waals surface area contributed by atoms with Gasteiger partial charge in [0.15, 0.2) is 6.10 Å². The van der Waals surface area contributed by atoms with Crippen molar-refractivity contribution < 1.29 is 9.90 Å². The van der Waals surface area contributed by atoms with Crippen molar-refractivity contribution in [3.8, 4) is 0 Å². The highest BCUT2D eigenvalue weighted by atomic mass is 35.5. The molecule has 0 bridgehead atoms. The molecule has 2 rings (SSSR count). The molecular formula is C17H22ClN3O2. The second-order valence-corrected chi connectivity index (χ2v) is 6.17. The fraction of sp³-hybridized carbons (Fsp3) is 0.412. The van der Waals surface area contributed by atoms with Gasteiger partial charge in [-0.25, -0.2) is 4.98 Å². The standard InChI is InChI=1S/C17H22ClN3O2/c1-12(2)16-19-8-10-21(16)9-4-7-20-17(23)15(22)13-5-3-6-14(18)11-13/h3,5-6,8,10-12,15,22H,4,7,9H2,1-2H3,(H,20,23)/t15-/m0/s1. The normalized spacial score (nSPS) is 12.4. The number of nitrogens with one attached hydrogen (secondary N) is 1. The molecule has 1 amide bonds. The number of nitrogens with zero attached hydrogens (tertiary/aromatic N) is 2. The Bertz CT molecular complexity index is 655. The topological polar surface area (TPSA) is 67.2 Å². The second kappa shape index (κ2) is 8.13. The SMILES string of the molecule is CC(C)c1nccn1CCCNC(=O)[C@@H](O)c1cccc(Cl)c1. The number of rotatable bonds is 7. The van der Waals surface area contributed by atoms with Crippen LogP contribution < -0.4 is 5.32 Å². The van der Waals surface area contributed by atoms with Gasteiger partial charge in [0.25, 0.3) is 5.91 Å². The van der Waals surface area contributed by atoms with E-state index in [4.69, 9.17) is 11.6 Å². The van der Waals surface area contributed by atoms with E-state index in [1.165, 1.54) is 0 Å². The molecular weight excluding hydrogens is 314 g/mol. The molecule has 1 heterocycles. The summed E-state index contributed by atoms with van der Waals surface area (Å²) in [6.07, 6.45) is 3.30. The molecule has 0 saturated carbocycles. The third kappa shape index (κ3) is 4.81. The quantitative estimate of drug-likeness (QED) is 0.764. The average Bonchev–Trinajstić information content (AvgIpc) is 2.99. The fourth-order valence-corrected chi connectivity index (χ4v) is 2.59. The predicted octanol–water partition coefficient (Wildman–Crippen LogP) is 2.90.